The van der Waals surface area contributed by atoms with Crippen molar-refractivity contribution in [2.75, 3.05) is 7.05 Å². The van der Waals surface area contributed by atoms with Gasteiger partial charge in [-0.1, -0.05) is 6.42 Å². The van der Waals surface area contributed by atoms with E-state index >= 15 is 0 Å². The summed E-state index contributed by atoms with van der Waals surface area (Å²) in [6.45, 7) is 0. The van der Waals surface area contributed by atoms with Gasteiger partial charge in [-0.15, -0.1) is 0 Å². The van der Waals surface area contributed by atoms with Crippen LogP contribution in [0.2, 0.25) is 0 Å². The molecule has 2 saturated carbocycles. The van der Waals surface area contributed by atoms with Gasteiger partial charge in [-0.3, -0.25) is 0 Å². The predicted molar refractivity (Wildman–Crippen MR) is 70.2 cm³/mol. The van der Waals surface area contributed by atoms with Gasteiger partial charge in [0.15, 0.2) is 0 Å². The molecular formula is C14H16BrF2N. The van der Waals surface area contributed by atoms with Crippen LogP contribution < -0.4 is 5.32 Å². The van der Waals surface area contributed by atoms with E-state index in [1.165, 1.54) is 31.4 Å². The second kappa shape index (κ2) is 4.57. The van der Waals surface area contributed by atoms with Crippen molar-refractivity contribution < 1.29 is 8.78 Å². The molecule has 18 heavy (non-hydrogen) atoms. The quantitative estimate of drug-likeness (QED) is 0.830. The molecule has 0 saturated heterocycles. The minimum Gasteiger partial charge on any atom is -0.313 e. The highest BCUT2D eigenvalue weighted by Crippen LogP contribution is 2.62. The molecule has 2 aliphatic carbocycles. The molecule has 0 spiro atoms. The van der Waals surface area contributed by atoms with Crippen molar-refractivity contribution in [1.82, 2.24) is 5.32 Å². The summed E-state index contributed by atoms with van der Waals surface area (Å²) in [5.74, 6) is 0.835. The third-order valence-corrected chi connectivity index (χ3v) is 5.17. The highest BCUT2D eigenvalue weighted by atomic mass is 79.9. The fourth-order valence-electron chi connectivity index (χ4n) is 3.73. The average molecular weight is 316 g/mol. The summed E-state index contributed by atoms with van der Waals surface area (Å²) in [5.41, 5.74) is 0.200. The van der Waals surface area contributed by atoms with Gasteiger partial charge in [-0.2, -0.15) is 0 Å². The number of hydrogen-bond donors (Lipinski definition) is 1. The largest absolute Gasteiger partial charge is 0.313 e. The lowest BCUT2D eigenvalue weighted by Crippen LogP contribution is -2.23. The van der Waals surface area contributed by atoms with E-state index in [1.807, 2.05) is 0 Å². The Morgan fingerprint density at radius 1 is 1.28 bits per heavy atom. The molecule has 1 nitrogen and oxygen atoms in total. The Morgan fingerprint density at radius 2 is 1.94 bits per heavy atom. The van der Waals surface area contributed by atoms with E-state index in [9.17, 15) is 8.78 Å². The first-order valence-electron chi connectivity index (χ1n) is 6.45. The van der Waals surface area contributed by atoms with Crippen molar-refractivity contribution in [2.45, 2.75) is 25.3 Å². The summed E-state index contributed by atoms with van der Waals surface area (Å²) in [6, 6.07) is 2.57. The van der Waals surface area contributed by atoms with Crippen molar-refractivity contribution in [2.24, 2.45) is 17.8 Å². The van der Waals surface area contributed by atoms with E-state index in [0.717, 1.165) is 0 Å². The van der Waals surface area contributed by atoms with Gasteiger partial charge < -0.3 is 5.32 Å². The van der Waals surface area contributed by atoms with Gasteiger partial charge in [0.2, 0.25) is 0 Å². The summed E-state index contributed by atoms with van der Waals surface area (Å²) >= 11 is 3.14. The van der Waals surface area contributed by atoms with Crippen molar-refractivity contribution >= 4 is 15.9 Å². The van der Waals surface area contributed by atoms with Crippen LogP contribution in [-0.4, -0.2) is 7.05 Å². The van der Waals surface area contributed by atoms with E-state index < -0.39 is 11.6 Å². The predicted octanol–water partition coefficient (Wildman–Crippen LogP) is 4.03. The summed E-state index contributed by atoms with van der Waals surface area (Å²) in [7, 11) is 1.79. The Hall–Kier alpha value is -0.480. The van der Waals surface area contributed by atoms with Crippen LogP contribution in [0.4, 0.5) is 8.78 Å². The lowest BCUT2D eigenvalue weighted by atomic mass is 9.96. The molecule has 0 aromatic heterocycles. The third kappa shape index (κ3) is 1.81. The van der Waals surface area contributed by atoms with E-state index in [1.54, 1.807) is 7.05 Å². The Morgan fingerprint density at radius 3 is 2.56 bits per heavy atom. The van der Waals surface area contributed by atoms with Gasteiger partial charge in [0.05, 0.1) is 4.47 Å². The molecule has 0 bridgehead atoms. The minimum absolute atomic E-state index is 0.196. The average Bonchev–Trinajstić information content (AvgIpc) is 2.83. The fourth-order valence-corrected chi connectivity index (χ4v) is 4.07. The molecule has 0 amide bonds. The zero-order chi connectivity index (χ0) is 12.9. The van der Waals surface area contributed by atoms with E-state index in [0.29, 0.717) is 22.2 Å². The minimum atomic E-state index is -0.459. The molecule has 2 aliphatic rings. The molecule has 1 aromatic carbocycles. The van der Waals surface area contributed by atoms with Gasteiger partial charge >= 0.3 is 0 Å². The lowest BCUT2D eigenvalue weighted by Gasteiger charge is -2.20. The van der Waals surface area contributed by atoms with Crippen LogP contribution in [-0.2, 0) is 0 Å². The van der Waals surface area contributed by atoms with Crippen LogP contribution in [0, 0.1) is 29.4 Å². The van der Waals surface area contributed by atoms with Gasteiger partial charge in [-0.05, 0) is 65.7 Å². The van der Waals surface area contributed by atoms with Crippen LogP contribution in [0.3, 0.4) is 0 Å². The molecule has 3 atom stereocenters. The smallest absolute Gasteiger partial charge is 0.145 e. The monoisotopic (exact) mass is 315 g/mol. The Kier molecular flexibility index (Phi) is 3.18. The Balaban J connectivity index is 1.95. The first-order chi connectivity index (χ1) is 8.65. The number of hydrogen-bond acceptors (Lipinski definition) is 1. The molecule has 2 fully saturated rings. The van der Waals surface area contributed by atoms with Crippen molar-refractivity contribution in [3.05, 3.63) is 33.8 Å². The van der Waals surface area contributed by atoms with E-state index in [-0.39, 0.29) is 11.6 Å². The topological polar surface area (TPSA) is 12.0 Å². The highest BCUT2D eigenvalue weighted by Gasteiger charge is 2.56. The van der Waals surface area contributed by atoms with Gasteiger partial charge in [-0.25, -0.2) is 8.78 Å². The van der Waals surface area contributed by atoms with Gasteiger partial charge in [0, 0.05) is 11.6 Å². The van der Waals surface area contributed by atoms with Crippen LogP contribution >= 0.6 is 15.9 Å². The van der Waals surface area contributed by atoms with Crippen molar-refractivity contribution in [3.63, 3.8) is 0 Å². The summed E-state index contributed by atoms with van der Waals surface area (Å²) in [6.07, 6.45) is 3.70. The molecule has 0 heterocycles. The number of rotatable bonds is 3. The van der Waals surface area contributed by atoms with Gasteiger partial charge in [0.1, 0.15) is 11.6 Å². The van der Waals surface area contributed by atoms with Gasteiger partial charge in [0.25, 0.3) is 0 Å². The van der Waals surface area contributed by atoms with Crippen LogP contribution in [0.5, 0.6) is 0 Å². The molecule has 0 radical (unpaired) electrons. The molecule has 98 valence electrons. The van der Waals surface area contributed by atoms with Crippen LogP contribution in [0.15, 0.2) is 16.6 Å². The normalized spacial score (nSPS) is 31.2. The first kappa shape index (κ1) is 12.5. The molecule has 1 N–H and O–H groups in total. The third-order valence-electron chi connectivity index (χ3n) is 4.56. The number of benzene rings is 1. The molecule has 3 rings (SSSR count). The highest BCUT2D eigenvalue weighted by molar-refractivity contribution is 9.10. The standard InChI is InChI=1S/C14H16BrF2N/c1-18-14(11-7-3-2-4-8(7)11)12-10(16)6-5-9(15)13(12)17/h5-8,11,14,18H,2-4H2,1H3. The summed E-state index contributed by atoms with van der Waals surface area (Å²) in [5, 5.41) is 3.12. The lowest BCUT2D eigenvalue weighted by molar-refractivity contribution is 0.408. The van der Waals surface area contributed by atoms with Crippen molar-refractivity contribution in [3.8, 4) is 0 Å². The zero-order valence-electron chi connectivity index (χ0n) is 10.2. The molecule has 0 aliphatic heterocycles. The van der Waals surface area contributed by atoms with Crippen molar-refractivity contribution in [1.29, 1.82) is 0 Å². The fraction of sp³-hybridized carbons (Fsp3) is 0.571. The first-order valence-corrected chi connectivity index (χ1v) is 7.25. The maximum absolute atomic E-state index is 14.1. The molecule has 3 unspecified atom stereocenters. The van der Waals surface area contributed by atoms with E-state index in [4.69, 9.17) is 0 Å². The Labute approximate surface area is 114 Å². The SMILES string of the molecule is CNC(c1c(F)ccc(Br)c1F)C1C2CCCC21. The Bertz CT molecular complexity index is 467. The number of nitrogens with one attached hydrogen (secondary N) is 1. The zero-order valence-corrected chi connectivity index (χ0v) is 11.8. The summed E-state index contributed by atoms with van der Waals surface area (Å²) < 4.78 is 28.4. The summed E-state index contributed by atoms with van der Waals surface area (Å²) in [4.78, 5) is 0. The second-order valence-electron chi connectivity index (χ2n) is 5.36. The van der Waals surface area contributed by atoms with Crippen LogP contribution in [0.25, 0.3) is 0 Å². The second-order valence-corrected chi connectivity index (χ2v) is 6.21. The van der Waals surface area contributed by atoms with Crippen LogP contribution in [0.1, 0.15) is 30.9 Å². The van der Waals surface area contributed by atoms with E-state index in [2.05, 4.69) is 21.2 Å². The maximum atomic E-state index is 14.1. The number of fused-ring (bicyclic) bond motifs is 1. The molecule has 1 aromatic rings. The molecule has 4 heteroatoms. The molecular weight excluding hydrogens is 300 g/mol. The number of halogens is 3. The maximum Gasteiger partial charge on any atom is 0.145 e.